The summed E-state index contributed by atoms with van der Waals surface area (Å²) in [4.78, 5) is 16.7. The molecule has 3 nitrogen and oxygen atoms in total. The van der Waals surface area contributed by atoms with E-state index in [1.807, 2.05) is 0 Å². The highest BCUT2D eigenvalue weighted by atomic mass is 19.1. The molecule has 2 saturated heterocycles. The summed E-state index contributed by atoms with van der Waals surface area (Å²) in [7, 11) is 0. The van der Waals surface area contributed by atoms with Gasteiger partial charge in [0.05, 0.1) is 0 Å². The van der Waals surface area contributed by atoms with Gasteiger partial charge in [-0.1, -0.05) is 36.8 Å². The Hall–Kier alpha value is -2.27. The highest BCUT2D eigenvalue weighted by Gasteiger charge is 2.31. The molecule has 136 valence electrons. The van der Waals surface area contributed by atoms with Gasteiger partial charge in [-0.05, 0) is 31.5 Å². The fraction of sp³-hybridized carbons (Fsp3) is 0.381. The Morgan fingerprint density at radius 1 is 0.923 bits per heavy atom. The molecule has 2 aromatic carbocycles. The first kappa shape index (κ1) is 17.2. The van der Waals surface area contributed by atoms with Crippen molar-refractivity contribution in [3.05, 3.63) is 65.2 Å². The van der Waals surface area contributed by atoms with E-state index >= 15 is 0 Å². The van der Waals surface area contributed by atoms with E-state index in [-0.39, 0.29) is 17.0 Å². The second-order valence-corrected chi connectivity index (χ2v) is 7.12. The van der Waals surface area contributed by atoms with Crippen LogP contribution in [0.1, 0.15) is 35.2 Å². The number of piperidine rings is 1. The average molecular weight is 356 g/mol. The van der Waals surface area contributed by atoms with Crippen molar-refractivity contribution >= 4 is 11.5 Å². The zero-order valence-corrected chi connectivity index (χ0v) is 14.6. The summed E-state index contributed by atoms with van der Waals surface area (Å²) in [5.41, 5.74) is 0.473. The van der Waals surface area contributed by atoms with E-state index in [0.29, 0.717) is 24.7 Å². The second-order valence-electron chi connectivity index (χ2n) is 7.12. The SMILES string of the molecule is O=C(c1ccccc1)c1cc(F)c(N2CCN3CCCCC3C2)c(F)c1. The lowest BCUT2D eigenvalue weighted by Gasteiger charge is -2.45. The van der Waals surface area contributed by atoms with E-state index < -0.39 is 11.6 Å². The van der Waals surface area contributed by atoms with Crippen LogP contribution in [0.2, 0.25) is 0 Å². The molecule has 2 heterocycles. The summed E-state index contributed by atoms with van der Waals surface area (Å²) in [5.74, 6) is -1.69. The summed E-state index contributed by atoms with van der Waals surface area (Å²) in [5, 5.41) is 0. The standard InChI is InChI=1S/C21H22F2N2O/c22-18-12-16(21(26)15-6-2-1-3-7-15)13-19(23)20(18)25-11-10-24-9-5-4-8-17(24)14-25/h1-3,6-7,12-13,17H,4-5,8-11,14H2. The molecule has 2 aliphatic heterocycles. The maximum absolute atomic E-state index is 14.7. The van der Waals surface area contributed by atoms with Crippen LogP contribution in [0, 0.1) is 11.6 Å². The summed E-state index contributed by atoms with van der Waals surface area (Å²) < 4.78 is 29.5. The Morgan fingerprint density at radius 2 is 1.65 bits per heavy atom. The molecule has 1 atom stereocenters. The van der Waals surface area contributed by atoms with Gasteiger partial charge in [0.15, 0.2) is 5.78 Å². The average Bonchev–Trinajstić information content (AvgIpc) is 2.67. The van der Waals surface area contributed by atoms with Crippen LogP contribution < -0.4 is 4.90 Å². The number of carbonyl (C=O) groups is 1. The minimum Gasteiger partial charge on any atom is -0.364 e. The number of fused-ring (bicyclic) bond motifs is 1. The Kier molecular flexibility index (Phi) is 4.72. The van der Waals surface area contributed by atoms with Crippen molar-refractivity contribution in [3.63, 3.8) is 0 Å². The number of hydrogen-bond donors (Lipinski definition) is 0. The first-order valence-electron chi connectivity index (χ1n) is 9.21. The first-order chi connectivity index (χ1) is 12.6. The van der Waals surface area contributed by atoms with Crippen molar-refractivity contribution in [3.8, 4) is 0 Å². The predicted molar refractivity (Wildman–Crippen MR) is 97.7 cm³/mol. The molecule has 2 aromatic rings. The monoisotopic (exact) mass is 356 g/mol. The molecule has 2 aliphatic rings. The highest BCUT2D eigenvalue weighted by Crippen LogP contribution is 2.30. The molecule has 0 aromatic heterocycles. The van der Waals surface area contributed by atoms with E-state index in [2.05, 4.69) is 4.90 Å². The Morgan fingerprint density at radius 3 is 2.38 bits per heavy atom. The van der Waals surface area contributed by atoms with Crippen LogP contribution in [-0.2, 0) is 0 Å². The van der Waals surface area contributed by atoms with Crippen LogP contribution >= 0.6 is 0 Å². The molecule has 0 aliphatic carbocycles. The molecule has 2 fully saturated rings. The maximum Gasteiger partial charge on any atom is 0.193 e. The fourth-order valence-corrected chi connectivity index (χ4v) is 4.11. The van der Waals surface area contributed by atoms with Crippen molar-refractivity contribution in [2.75, 3.05) is 31.1 Å². The van der Waals surface area contributed by atoms with Gasteiger partial charge >= 0.3 is 0 Å². The van der Waals surface area contributed by atoms with Gasteiger partial charge in [0.2, 0.25) is 0 Å². The fourth-order valence-electron chi connectivity index (χ4n) is 4.11. The molecule has 0 saturated carbocycles. The molecule has 0 radical (unpaired) electrons. The van der Waals surface area contributed by atoms with Crippen LogP contribution in [0.5, 0.6) is 0 Å². The van der Waals surface area contributed by atoms with Crippen molar-refractivity contribution in [2.24, 2.45) is 0 Å². The lowest BCUT2D eigenvalue weighted by atomic mass is 9.98. The lowest BCUT2D eigenvalue weighted by Crippen LogP contribution is -2.55. The van der Waals surface area contributed by atoms with Crippen molar-refractivity contribution < 1.29 is 13.6 Å². The highest BCUT2D eigenvalue weighted by molar-refractivity contribution is 6.09. The number of nitrogens with zero attached hydrogens (tertiary/aromatic N) is 2. The Bertz CT molecular complexity index is 786. The molecule has 0 amide bonds. The summed E-state index contributed by atoms with van der Waals surface area (Å²) in [6, 6.07) is 11.3. The molecular weight excluding hydrogens is 334 g/mol. The van der Waals surface area contributed by atoms with Gasteiger partial charge in [-0.25, -0.2) is 8.78 Å². The lowest BCUT2D eigenvalue weighted by molar-refractivity contribution is 0.103. The third-order valence-electron chi connectivity index (χ3n) is 5.47. The van der Waals surface area contributed by atoms with Crippen LogP contribution in [0.25, 0.3) is 0 Å². The number of rotatable bonds is 3. The van der Waals surface area contributed by atoms with Crippen LogP contribution in [-0.4, -0.2) is 42.9 Å². The third-order valence-corrected chi connectivity index (χ3v) is 5.47. The topological polar surface area (TPSA) is 23.6 Å². The molecule has 0 spiro atoms. The number of halogens is 2. The van der Waals surface area contributed by atoms with E-state index in [1.54, 1.807) is 35.2 Å². The van der Waals surface area contributed by atoms with Gasteiger partial charge in [-0.15, -0.1) is 0 Å². The summed E-state index contributed by atoms with van der Waals surface area (Å²) in [6.07, 6.45) is 3.45. The molecule has 0 bridgehead atoms. The predicted octanol–water partition coefficient (Wildman–Crippen LogP) is 3.87. The van der Waals surface area contributed by atoms with Crippen LogP contribution in [0.4, 0.5) is 14.5 Å². The summed E-state index contributed by atoms with van der Waals surface area (Å²) >= 11 is 0. The molecule has 0 N–H and O–H groups in total. The smallest absolute Gasteiger partial charge is 0.193 e. The molecule has 4 rings (SSSR count). The molecular formula is C21H22F2N2O. The van der Waals surface area contributed by atoms with Gasteiger partial charge in [-0.2, -0.15) is 0 Å². The zero-order valence-electron chi connectivity index (χ0n) is 14.6. The Labute approximate surface area is 152 Å². The first-order valence-corrected chi connectivity index (χ1v) is 9.21. The van der Waals surface area contributed by atoms with Gasteiger partial charge in [0, 0.05) is 36.8 Å². The van der Waals surface area contributed by atoms with E-state index in [1.165, 1.54) is 25.0 Å². The number of hydrogen-bond acceptors (Lipinski definition) is 3. The van der Waals surface area contributed by atoms with Gasteiger partial charge < -0.3 is 4.90 Å². The summed E-state index contributed by atoms with van der Waals surface area (Å²) in [6.45, 7) is 3.15. The number of carbonyl (C=O) groups excluding carboxylic acids is 1. The van der Waals surface area contributed by atoms with Crippen molar-refractivity contribution in [1.82, 2.24) is 4.90 Å². The quantitative estimate of drug-likeness (QED) is 0.780. The van der Waals surface area contributed by atoms with E-state index in [4.69, 9.17) is 0 Å². The molecule has 1 unspecified atom stereocenters. The maximum atomic E-state index is 14.7. The van der Waals surface area contributed by atoms with Gasteiger partial charge in [0.1, 0.15) is 17.3 Å². The normalized spacial score (nSPS) is 20.7. The van der Waals surface area contributed by atoms with Crippen molar-refractivity contribution in [1.29, 1.82) is 0 Å². The minimum absolute atomic E-state index is 0.000153. The largest absolute Gasteiger partial charge is 0.364 e. The van der Waals surface area contributed by atoms with Crippen LogP contribution in [0.15, 0.2) is 42.5 Å². The minimum atomic E-state index is -0.659. The number of ketones is 1. The number of piperazine rings is 1. The molecule has 5 heteroatoms. The van der Waals surface area contributed by atoms with Crippen LogP contribution in [0.3, 0.4) is 0 Å². The number of benzene rings is 2. The van der Waals surface area contributed by atoms with E-state index in [0.717, 1.165) is 19.5 Å². The number of anilines is 1. The van der Waals surface area contributed by atoms with E-state index in [9.17, 15) is 13.6 Å². The van der Waals surface area contributed by atoms with Gasteiger partial charge in [0.25, 0.3) is 0 Å². The van der Waals surface area contributed by atoms with Crippen molar-refractivity contribution in [2.45, 2.75) is 25.3 Å². The van der Waals surface area contributed by atoms with Gasteiger partial charge in [-0.3, -0.25) is 9.69 Å². The second kappa shape index (κ2) is 7.16. The zero-order chi connectivity index (χ0) is 18.1. The third kappa shape index (κ3) is 3.23. The molecule has 26 heavy (non-hydrogen) atoms. The Balaban J connectivity index is 1.59.